The van der Waals surface area contributed by atoms with E-state index in [1.807, 2.05) is 0 Å². The van der Waals surface area contributed by atoms with Crippen molar-refractivity contribution < 1.29 is 0 Å². The molecule has 1 aromatic heterocycles. The molecule has 0 saturated carbocycles. The molecule has 12 rings (SSSR count). The molecular formula is C54H40N6. The summed E-state index contributed by atoms with van der Waals surface area (Å²) in [5.74, 6) is 0.841. The summed E-state index contributed by atoms with van der Waals surface area (Å²) < 4.78 is 2.48. The van der Waals surface area contributed by atoms with Crippen LogP contribution in [0.5, 0.6) is 0 Å². The number of rotatable bonds is 6. The van der Waals surface area contributed by atoms with Crippen LogP contribution in [-0.2, 0) is 6.54 Å². The van der Waals surface area contributed by atoms with Crippen molar-refractivity contribution in [3.8, 4) is 16.8 Å². The Kier molecular flexibility index (Phi) is 8.11. The van der Waals surface area contributed by atoms with Crippen LogP contribution in [-0.4, -0.2) is 10.4 Å². The summed E-state index contributed by atoms with van der Waals surface area (Å²) in [6, 6.07) is 72.0. The van der Waals surface area contributed by atoms with Crippen LogP contribution in [0.1, 0.15) is 34.6 Å². The molecule has 0 radical (unpaired) electrons. The standard InChI is InChI=1S/C54H40N6/c1-5-17-35(18-6-1)44-31-38-23-13-14-26-41(38)50-42(44)29-30-47-51(50)45-32-39-34-55-60(40-24-11-4-12-25-40)48(39)33-49(45)59(47)46-28-16-15-27-43(46)54-57-52(36-19-7-2-8-20-36)56-53(58-54)37-21-9-3-10-22-37/h1-33,52-53,55-56H,34H2,(H,57,58). The summed E-state index contributed by atoms with van der Waals surface area (Å²) in [5, 5.41) is 17.3. The lowest BCUT2D eigenvalue weighted by Gasteiger charge is -2.32. The van der Waals surface area contributed by atoms with Gasteiger partial charge in [-0.3, -0.25) is 10.3 Å². The normalized spacial score (nSPS) is 16.3. The summed E-state index contributed by atoms with van der Waals surface area (Å²) >= 11 is 0. The molecular weight excluding hydrogens is 733 g/mol. The van der Waals surface area contributed by atoms with E-state index in [1.165, 1.54) is 49.0 Å². The predicted molar refractivity (Wildman–Crippen MR) is 248 cm³/mol. The molecule has 60 heavy (non-hydrogen) atoms. The molecule has 10 aromatic rings. The highest BCUT2D eigenvalue weighted by Gasteiger charge is 2.29. The van der Waals surface area contributed by atoms with Crippen LogP contribution in [0.15, 0.2) is 205 Å². The molecule has 0 fully saturated rings. The van der Waals surface area contributed by atoms with Crippen molar-refractivity contribution in [1.29, 1.82) is 0 Å². The van der Waals surface area contributed by atoms with E-state index in [-0.39, 0.29) is 12.3 Å². The molecule has 2 aliphatic heterocycles. The number of nitrogens with one attached hydrogen (secondary N) is 3. The molecule has 3 N–H and O–H groups in total. The minimum atomic E-state index is -0.251. The van der Waals surface area contributed by atoms with Crippen LogP contribution in [0, 0.1) is 0 Å². The Morgan fingerprint density at radius 1 is 0.500 bits per heavy atom. The van der Waals surface area contributed by atoms with Gasteiger partial charge in [0.15, 0.2) is 0 Å². The van der Waals surface area contributed by atoms with E-state index >= 15 is 0 Å². The van der Waals surface area contributed by atoms with Gasteiger partial charge in [-0.2, -0.15) is 0 Å². The van der Waals surface area contributed by atoms with Crippen LogP contribution in [0.25, 0.3) is 60.2 Å². The zero-order valence-corrected chi connectivity index (χ0v) is 32.8. The number of hydrogen-bond donors (Lipinski definition) is 3. The lowest BCUT2D eigenvalue weighted by molar-refractivity contribution is 0.409. The van der Waals surface area contributed by atoms with E-state index in [1.54, 1.807) is 0 Å². The van der Waals surface area contributed by atoms with Gasteiger partial charge >= 0.3 is 0 Å². The fourth-order valence-corrected chi connectivity index (χ4v) is 9.49. The molecule has 0 bridgehead atoms. The maximum absolute atomic E-state index is 5.44. The van der Waals surface area contributed by atoms with E-state index in [0.29, 0.717) is 0 Å². The van der Waals surface area contributed by atoms with Crippen LogP contribution in [0.3, 0.4) is 0 Å². The van der Waals surface area contributed by atoms with Crippen molar-refractivity contribution in [1.82, 2.24) is 20.6 Å². The average molecular weight is 773 g/mol. The van der Waals surface area contributed by atoms with E-state index in [2.05, 4.69) is 226 Å². The Hall–Kier alpha value is -7.51. The molecule has 6 heteroatoms. The first kappa shape index (κ1) is 34.5. The quantitative estimate of drug-likeness (QED) is 0.147. The van der Waals surface area contributed by atoms with Gasteiger partial charge in [0.2, 0.25) is 0 Å². The lowest BCUT2D eigenvalue weighted by atomic mass is 9.91. The highest BCUT2D eigenvalue weighted by molar-refractivity contribution is 6.31. The molecule has 2 aliphatic rings. The Morgan fingerprint density at radius 2 is 1.18 bits per heavy atom. The second kappa shape index (κ2) is 14.1. The molecule has 0 saturated heterocycles. The van der Waals surface area contributed by atoms with Gasteiger partial charge in [0.1, 0.15) is 18.2 Å². The molecule has 0 spiro atoms. The highest BCUT2D eigenvalue weighted by atomic mass is 15.5. The molecule has 3 heterocycles. The Balaban J connectivity index is 1.16. The number of benzene rings is 9. The molecule has 0 amide bonds. The number of nitrogens with zero attached hydrogens (tertiary/aromatic N) is 3. The Bertz CT molecular complexity index is 3270. The summed E-state index contributed by atoms with van der Waals surface area (Å²) in [4.78, 5) is 5.44. The zero-order valence-electron chi connectivity index (χ0n) is 32.8. The summed E-state index contributed by atoms with van der Waals surface area (Å²) in [6.45, 7) is 0.736. The topological polar surface area (TPSA) is 56.6 Å². The number of fused-ring (bicyclic) bond motifs is 8. The van der Waals surface area contributed by atoms with Crippen molar-refractivity contribution in [2.75, 3.05) is 5.01 Å². The average Bonchev–Trinajstić information content (AvgIpc) is 3.89. The summed E-state index contributed by atoms with van der Waals surface area (Å²) in [6.07, 6.45) is -0.407. The Morgan fingerprint density at radius 3 is 1.98 bits per heavy atom. The van der Waals surface area contributed by atoms with Crippen LogP contribution in [0.2, 0.25) is 0 Å². The third kappa shape index (κ3) is 5.61. The molecule has 6 nitrogen and oxygen atoms in total. The largest absolute Gasteiger partial charge is 0.350 e. The number of anilines is 2. The van der Waals surface area contributed by atoms with E-state index in [0.717, 1.165) is 57.2 Å². The summed E-state index contributed by atoms with van der Waals surface area (Å²) in [7, 11) is 0. The van der Waals surface area contributed by atoms with Crippen molar-refractivity contribution in [2.45, 2.75) is 18.9 Å². The van der Waals surface area contributed by atoms with Crippen molar-refractivity contribution in [2.24, 2.45) is 4.99 Å². The highest BCUT2D eigenvalue weighted by Crippen LogP contribution is 2.46. The Labute approximate surface area is 348 Å². The molecule has 2 unspecified atom stereocenters. The van der Waals surface area contributed by atoms with Crippen LogP contribution >= 0.6 is 0 Å². The first-order valence-electron chi connectivity index (χ1n) is 20.7. The number of aromatic nitrogens is 1. The second-order valence-corrected chi connectivity index (χ2v) is 15.7. The van der Waals surface area contributed by atoms with Crippen LogP contribution in [0.4, 0.5) is 11.4 Å². The van der Waals surface area contributed by atoms with Gasteiger partial charge in [0.25, 0.3) is 0 Å². The lowest BCUT2D eigenvalue weighted by Crippen LogP contribution is -2.45. The third-order valence-electron chi connectivity index (χ3n) is 12.2. The maximum atomic E-state index is 5.44. The number of amidine groups is 1. The smallest absolute Gasteiger partial charge is 0.134 e. The fourth-order valence-electron chi connectivity index (χ4n) is 9.49. The van der Waals surface area contributed by atoms with Gasteiger partial charge in [-0.05, 0) is 92.5 Å². The fraction of sp³-hybridized carbons (Fsp3) is 0.0556. The molecule has 286 valence electrons. The maximum Gasteiger partial charge on any atom is 0.134 e. The number of aliphatic imine (C=N–C) groups is 1. The monoisotopic (exact) mass is 772 g/mol. The number of para-hydroxylation sites is 2. The minimum absolute atomic E-state index is 0.157. The number of hydrazine groups is 1. The SMILES string of the molecule is c1ccc(-c2cc3ccccc3c3c2ccc2c3c3cc4c(cc3n2-c2ccccc2C2=NC(c3ccccc3)NC(c3ccccc3)N2)N(c2ccccc2)NC4)cc1. The van der Waals surface area contributed by atoms with Gasteiger partial charge in [-0.15, -0.1) is 0 Å². The first-order valence-corrected chi connectivity index (χ1v) is 20.7. The van der Waals surface area contributed by atoms with E-state index in [9.17, 15) is 0 Å². The van der Waals surface area contributed by atoms with Gasteiger partial charge in [-0.1, -0.05) is 152 Å². The van der Waals surface area contributed by atoms with Crippen molar-refractivity contribution in [3.63, 3.8) is 0 Å². The van der Waals surface area contributed by atoms with Gasteiger partial charge in [-0.25, -0.2) is 10.4 Å². The van der Waals surface area contributed by atoms with Crippen molar-refractivity contribution in [3.05, 3.63) is 222 Å². The molecule has 2 atom stereocenters. The van der Waals surface area contributed by atoms with Gasteiger partial charge < -0.3 is 9.88 Å². The molecule has 9 aromatic carbocycles. The molecule has 0 aliphatic carbocycles. The van der Waals surface area contributed by atoms with Gasteiger partial charge in [0, 0.05) is 28.3 Å². The zero-order chi connectivity index (χ0) is 39.6. The summed E-state index contributed by atoms with van der Waals surface area (Å²) in [5.41, 5.74) is 16.3. The predicted octanol–water partition coefficient (Wildman–Crippen LogP) is 12.3. The van der Waals surface area contributed by atoms with Crippen LogP contribution < -0.4 is 21.1 Å². The van der Waals surface area contributed by atoms with Crippen molar-refractivity contribution >= 4 is 60.6 Å². The third-order valence-corrected chi connectivity index (χ3v) is 12.2. The van der Waals surface area contributed by atoms with E-state index < -0.39 is 0 Å². The second-order valence-electron chi connectivity index (χ2n) is 15.7. The minimum Gasteiger partial charge on any atom is -0.350 e. The van der Waals surface area contributed by atoms with Gasteiger partial charge in [0.05, 0.1) is 28.1 Å². The first-order chi connectivity index (χ1) is 29.8. The number of hydrogen-bond acceptors (Lipinski definition) is 5. The van der Waals surface area contributed by atoms with E-state index in [4.69, 9.17) is 4.99 Å².